The maximum atomic E-state index is 5.99. The van der Waals surface area contributed by atoms with Gasteiger partial charge in [0.2, 0.25) is 0 Å². The Hall–Kier alpha value is -2.14. The van der Waals surface area contributed by atoms with Crippen LogP contribution in [0, 0.1) is 0 Å². The molecule has 0 radical (unpaired) electrons. The van der Waals surface area contributed by atoms with E-state index in [1.54, 1.807) is 7.11 Å². The van der Waals surface area contributed by atoms with E-state index in [9.17, 15) is 0 Å². The zero-order valence-corrected chi connectivity index (χ0v) is 15.9. The van der Waals surface area contributed by atoms with Crippen molar-refractivity contribution >= 4 is 22.6 Å². The van der Waals surface area contributed by atoms with Crippen LogP contribution in [0.1, 0.15) is 31.7 Å². The SMILES string of the molecule is CC[C@H](C)c1ccc(N=C(N)SCCOc2ccc(OC)cc2)cc1. The van der Waals surface area contributed by atoms with Gasteiger partial charge in [0.15, 0.2) is 5.17 Å². The van der Waals surface area contributed by atoms with Crippen molar-refractivity contribution in [1.82, 2.24) is 0 Å². The Morgan fingerprint density at radius 1 is 1.08 bits per heavy atom. The molecule has 0 aromatic heterocycles. The van der Waals surface area contributed by atoms with Crippen molar-refractivity contribution in [2.45, 2.75) is 26.2 Å². The summed E-state index contributed by atoms with van der Waals surface area (Å²) in [4.78, 5) is 4.44. The second-order valence-corrected chi connectivity index (χ2v) is 6.84. The number of amidine groups is 1. The van der Waals surface area contributed by atoms with Gasteiger partial charge in [0.05, 0.1) is 19.4 Å². The van der Waals surface area contributed by atoms with E-state index in [4.69, 9.17) is 15.2 Å². The average Bonchev–Trinajstić information content (AvgIpc) is 2.65. The fraction of sp³-hybridized carbons (Fsp3) is 0.350. The molecule has 0 heterocycles. The number of nitrogens with zero attached hydrogens (tertiary/aromatic N) is 1. The minimum absolute atomic E-state index is 0.551. The maximum Gasteiger partial charge on any atom is 0.159 e. The van der Waals surface area contributed by atoms with Crippen LogP contribution < -0.4 is 15.2 Å². The van der Waals surface area contributed by atoms with Crippen molar-refractivity contribution in [3.63, 3.8) is 0 Å². The van der Waals surface area contributed by atoms with Gasteiger partial charge in [0, 0.05) is 5.75 Å². The highest BCUT2D eigenvalue weighted by molar-refractivity contribution is 8.13. The van der Waals surface area contributed by atoms with Crippen LogP contribution in [0.3, 0.4) is 0 Å². The standard InChI is InChI=1S/C20H26N2O2S/c1-4-15(2)16-5-7-17(8-6-16)22-20(21)25-14-13-24-19-11-9-18(23-3)10-12-19/h5-12,15H,4,13-14H2,1-3H3,(H2,21,22)/t15-/m0/s1. The van der Waals surface area contributed by atoms with Crippen LogP contribution in [0.25, 0.3) is 0 Å². The first-order valence-corrected chi connectivity index (χ1v) is 9.44. The summed E-state index contributed by atoms with van der Waals surface area (Å²) < 4.78 is 10.8. The Labute approximate surface area is 154 Å². The van der Waals surface area contributed by atoms with Crippen LogP contribution in [0.15, 0.2) is 53.5 Å². The van der Waals surface area contributed by atoms with Gasteiger partial charge in [-0.15, -0.1) is 0 Å². The average molecular weight is 359 g/mol. The number of aliphatic imine (C=N–C) groups is 1. The van der Waals surface area contributed by atoms with Gasteiger partial charge in [-0.25, -0.2) is 4.99 Å². The fourth-order valence-corrected chi connectivity index (χ4v) is 2.80. The van der Waals surface area contributed by atoms with Gasteiger partial charge in [-0.1, -0.05) is 37.7 Å². The molecule has 0 aliphatic rings. The molecule has 0 aliphatic heterocycles. The molecule has 2 N–H and O–H groups in total. The first-order valence-electron chi connectivity index (χ1n) is 8.46. The van der Waals surface area contributed by atoms with E-state index in [0.717, 1.165) is 29.4 Å². The van der Waals surface area contributed by atoms with E-state index < -0.39 is 0 Å². The monoisotopic (exact) mass is 358 g/mol. The Morgan fingerprint density at radius 2 is 1.72 bits per heavy atom. The minimum atomic E-state index is 0.551. The number of hydrogen-bond donors (Lipinski definition) is 1. The smallest absolute Gasteiger partial charge is 0.159 e. The van der Waals surface area contributed by atoms with Crippen molar-refractivity contribution in [2.24, 2.45) is 10.7 Å². The van der Waals surface area contributed by atoms with E-state index in [1.165, 1.54) is 17.3 Å². The third-order valence-corrected chi connectivity index (χ3v) is 4.73. The van der Waals surface area contributed by atoms with Crippen molar-refractivity contribution in [3.05, 3.63) is 54.1 Å². The molecule has 0 amide bonds. The highest BCUT2D eigenvalue weighted by Crippen LogP contribution is 2.22. The minimum Gasteiger partial charge on any atom is -0.497 e. The normalized spacial score (nSPS) is 12.7. The predicted octanol–water partition coefficient (Wildman–Crippen LogP) is 4.97. The summed E-state index contributed by atoms with van der Waals surface area (Å²) >= 11 is 1.49. The topological polar surface area (TPSA) is 56.8 Å². The summed E-state index contributed by atoms with van der Waals surface area (Å²) in [5.74, 6) is 2.95. The number of ether oxygens (including phenoxy) is 2. The van der Waals surface area contributed by atoms with Crippen LogP contribution in [-0.4, -0.2) is 24.6 Å². The van der Waals surface area contributed by atoms with Crippen LogP contribution in [0.4, 0.5) is 5.69 Å². The van der Waals surface area contributed by atoms with E-state index in [2.05, 4.69) is 31.0 Å². The predicted molar refractivity (Wildman–Crippen MR) is 107 cm³/mol. The fourth-order valence-electron chi connectivity index (χ4n) is 2.25. The third kappa shape index (κ3) is 6.35. The molecule has 2 rings (SSSR count). The molecule has 25 heavy (non-hydrogen) atoms. The van der Waals surface area contributed by atoms with Crippen LogP contribution >= 0.6 is 11.8 Å². The van der Waals surface area contributed by atoms with Gasteiger partial charge < -0.3 is 15.2 Å². The van der Waals surface area contributed by atoms with Crippen molar-refractivity contribution in [2.75, 3.05) is 19.5 Å². The lowest BCUT2D eigenvalue weighted by atomic mass is 9.99. The van der Waals surface area contributed by atoms with Gasteiger partial charge in [-0.3, -0.25) is 0 Å². The molecule has 2 aromatic rings. The van der Waals surface area contributed by atoms with Gasteiger partial charge in [-0.2, -0.15) is 0 Å². The maximum absolute atomic E-state index is 5.99. The number of nitrogens with two attached hydrogens (primary N) is 1. The Kier molecular flexibility index (Phi) is 7.67. The lowest BCUT2D eigenvalue weighted by Gasteiger charge is -2.09. The van der Waals surface area contributed by atoms with Gasteiger partial charge in [-0.05, 0) is 54.3 Å². The molecule has 0 saturated heterocycles. The second-order valence-electron chi connectivity index (χ2n) is 5.72. The zero-order valence-electron chi connectivity index (χ0n) is 15.1. The lowest BCUT2D eigenvalue weighted by Crippen LogP contribution is -2.10. The number of methoxy groups -OCH3 is 1. The Bertz CT molecular complexity index is 669. The Balaban J connectivity index is 1.77. The quantitative estimate of drug-likeness (QED) is 0.411. The summed E-state index contributed by atoms with van der Waals surface area (Å²) in [6, 6.07) is 15.8. The Morgan fingerprint density at radius 3 is 2.32 bits per heavy atom. The number of thioether (sulfide) groups is 1. The van der Waals surface area contributed by atoms with Gasteiger partial charge in [0.25, 0.3) is 0 Å². The van der Waals surface area contributed by atoms with E-state index in [-0.39, 0.29) is 0 Å². The molecule has 4 nitrogen and oxygen atoms in total. The van der Waals surface area contributed by atoms with Crippen LogP contribution in [0.2, 0.25) is 0 Å². The lowest BCUT2D eigenvalue weighted by molar-refractivity contribution is 0.343. The highest BCUT2D eigenvalue weighted by atomic mass is 32.2. The number of rotatable bonds is 8. The molecular formula is C20H26N2O2S. The van der Waals surface area contributed by atoms with Crippen molar-refractivity contribution < 1.29 is 9.47 Å². The summed E-state index contributed by atoms with van der Waals surface area (Å²) in [5.41, 5.74) is 8.20. The highest BCUT2D eigenvalue weighted by Gasteiger charge is 2.03. The molecule has 1 atom stereocenters. The van der Waals surface area contributed by atoms with Crippen LogP contribution in [0.5, 0.6) is 11.5 Å². The largest absolute Gasteiger partial charge is 0.497 e. The zero-order chi connectivity index (χ0) is 18.1. The summed E-state index contributed by atoms with van der Waals surface area (Å²) in [6.07, 6.45) is 1.13. The first kappa shape index (κ1) is 19.2. The molecule has 0 fully saturated rings. The van der Waals surface area contributed by atoms with Crippen molar-refractivity contribution in [1.29, 1.82) is 0 Å². The van der Waals surface area contributed by atoms with Crippen LogP contribution in [-0.2, 0) is 0 Å². The molecule has 0 saturated carbocycles. The molecular weight excluding hydrogens is 332 g/mol. The van der Waals surface area contributed by atoms with E-state index in [1.807, 2.05) is 36.4 Å². The van der Waals surface area contributed by atoms with Gasteiger partial charge in [0.1, 0.15) is 11.5 Å². The number of benzene rings is 2. The van der Waals surface area contributed by atoms with Crippen molar-refractivity contribution in [3.8, 4) is 11.5 Å². The summed E-state index contributed by atoms with van der Waals surface area (Å²) in [6.45, 7) is 4.99. The molecule has 0 bridgehead atoms. The number of hydrogen-bond acceptors (Lipinski definition) is 4. The summed E-state index contributed by atoms with van der Waals surface area (Å²) in [7, 11) is 1.65. The molecule has 134 valence electrons. The molecule has 0 aliphatic carbocycles. The molecule has 0 unspecified atom stereocenters. The first-order chi connectivity index (χ1) is 12.1. The summed E-state index contributed by atoms with van der Waals surface area (Å²) in [5, 5.41) is 0.551. The molecule has 5 heteroatoms. The van der Waals surface area contributed by atoms with E-state index >= 15 is 0 Å². The third-order valence-electron chi connectivity index (χ3n) is 3.98. The van der Waals surface area contributed by atoms with E-state index in [0.29, 0.717) is 17.7 Å². The molecule has 2 aromatic carbocycles. The van der Waals surface area contributed by atoms with Gasteiger partial charge >= 0.3 is 0 Å². The molecule has 0 spiro atoms. The second kappa shape index (κ2) is 9.99.